The van der Waals surface area contributed by atoms with Crippen LogP contribution in [0.4, 0.5) is 0 Å². The Balaban J connectivity index is 0.000000249. The van der Waals surface area contributed by atoms with E-state index in [0.29, 0.717) is 71.1 Å². The molecule has 0 spiro atoms. The van der Waals surface area contributed by atoms with E-state index in [4.69, 9.17) is 63.5 Å². The van der Waals surface area contributed by atoms with Gasteiger partial charge in [0.2, 0.25) is 0 Å². The molecule has 0 unspecified atom stereocenters. The molecule has 1 fully saturated rings. The van der Waals surface area contributed by atoms with Gasteiger partial charge in [-0.15, -0.1) is 19.3 Å². The van der Waals surface area contributed by atoms with E-state index in [1.807, 2.05) is 45.2 Å². The van der Waals surface area contributed by atoms with E-state index >= 15 is 0 Å². The molecule has 3 N–H and O–H groups in total. The molecule has 0 saturated carbocycles. The average Bonchev–Trinajstić information content (AvgIpc) is 3.84. The highest BCUT2D eigenvalue weighted by atomic mass is 35.5. The molecule has 2 atom stereocenters. The zero-order chi connectivity index (χ0) is 54.6. The zero-order valence-corrected chi connectivity index (χ0v) is 46.8. The first-order chi connectivity index (χ1) is 36.2. The molecular weight excluding hydrogens is 999 g/mol. The number of aryl methyl sites for hydroxylation is 1. The molecule has 1 aliphatic heterocycles. The number of halogens is 3. The van der Waals surface area contributed by atoms with Crippen molar-refractivity contribution in [1.29, 1.82) is 0 Å². The average molecular weight is 1080 g/mol. The lowest BCUT2D eigenvalue weighted by atomic mass is 10.1. The Morgan fingerprint density at radius 2 is 1.41 bits per heavy atom. The highest BCUT2D eigenvalue weighted by Crippen LogP contribution is 2.30. The first kappa shape index (κ1) is 63.6. The second kappa shape index (κ2) is 38.0. The number of fused-ring (bicyclic) bond motifs is 1. The van der Waals surface area contributed by atoms with Crippen molar-refractivity contribution in [3.8, 4) is 42.8 Å². The van der Waals surface area contributed by atoms with E-state index < -0.39 is 0 Å². The summed E-state index contributed by atoms with van der Waals surface area (Å²) in [5.41, 5.74) is 11.1. The van der Waals surface area contributed by atoms with Gasteiger partial charge < -0.3 is 9.47 Å². The molecule has 7 rings (SSSR count). The summed E-state index contributed by atoms with van der Waals surface area (Å²) < 4.78 is 10.8. The Morgan fingerprint density at radius 1 is 0.773 bits per heavy atom. The van der Waals surface area contributed by atoms with E-state index in [1.165, 1.54) is 29.5 Å². The fraction of sp³-hybridized carbons (Fsp3) is 0.387. The molecule has 1 saturated heterocycles. The summed E-state index contributed by atoms with van der Waals surface area (Å²) in [5, 5.41) is 5.16. The van der Waals surface area contributed by atoms with Crippen molar-refractivity contribution in [2.45, 2.75) is 77.4 Å². The van der Waals surface area contributed by atoms with Gasteiger partial charge in [-0.25, -0.2) is 5.43 Å². The SMILES string of the molecule is C#CCN(C)CCCOc1ccc(Cl)cc1Cl.C#CCN(C)[C@H](C)Cc1ccccc1.C#CCN[C@@H]1CCc2ccccc21.CC(C)NNC(=O)c1ccccc1.O=C(CCCN1CCOCC1)c1ccc(Cl)cc1. The maximum Gasteiger partial charge on any atom is 0.265 e. The van der Waals surface area contributed by atoms with Gasteiger partial charge >= 0.3 is 0 Å². The molecule has 0 radical (unpaired) electrons. The third-order valence-corrected chi connectivity index (χ3v) is 12.7. The van der Waals surface area contributed by atoms with Gasteiger partial charge in [0.1, 0.15) is 5.75 Å². The molecular formula is C62H77Cl3N6O4. The summed E-state index contributed by atoms with van der Waals surface area (Å²) >= 11 is 17.6. The number of amides is 1. The molecule has 1 amide bonds. The van der Waals surface area contributed by atoms with Crippen LogP contribution in [0.15, 0.2) is 127 Å². The van der Waals surface area contributed by atoms with Crippen molar-refractivity contribution in [1.82, 2.24) is 30.9 Å². The van der Waals surface area contributed by atoms with Crippen LogP contribution in [0.3, 0.4) is 0 Å². The third kappa shape index (κ3) is 27.1. The van der Waals surface area contributed by atoms with Crippen LogP contribution < -0.4 is 20.9 Å². The Morgan fingerprint density at radius 3 is 2.05 bits per heavy atom. The normalized spacial score (nSPS) is 13.8. The lowest BCUT2D eigenvalue weighted by Gasteiger charge is -2.26. The number of benzene rings is 5. The van der Waals surface area contributed by atoms with Crippen molar-refractivity contribution in [2.24, 2.45) is 0 Å². The number of ketones is 1. The Labute approximate surface area is 464 Å². The van der Waals surface area contributed by atoms with Gasteiger partial charge in [-0.05, 0) is 145 Å². The van der Waals surface area contributed by atoms with Crippen LogP contribution >= 0.6 is 34.8 Å². The van der Waals surface area contributed by atoms with Gasteiger partial charge in [0.25, 0.3) is 5.91 Å². The number of Topliss-reactive ketones (excluding diaryl/α,β-unsaturated/α-hetero) is 1. The van der Waals surface area contributed by atoms with Crippen LogP contribution in [-0.2, 0) is 17.6 Å². The summed E-state index contributed by atoms with van der Waals surface area (Å²) in [6.45, 7) is 14.2. The minimum absolute atomic E-state index is 0.102. The van der Waals surface area contributed by atoms with Gasteiger partial charge in [0.05, 0.1) is 44.5 Å². The lowest BCUT2D eigenvalue weighted by molar-refractivity contribution is 0.0371. The largest absolute Gasteiger partial charge is 0.492 e. The van der Waals surface area contributed by atoms with Crippen LogP contribution in [0.25, 0.3) is 0 Å². The van der Waals surface area contributed by atoms with E-state index in [0.717, 1.165) is 64.2 Å². The predicted molar refractivity (Wildman–Crippen MR) is 313 cm³/mol. The molecule has 0 bridgehead atoms. The smallest absolute Gasteiger partial charge is 0.265 e. The van der Waals surface area contributed by atoms with Crippen LogP contribution in [0, 0.1) is 37.0 Å². The summed E-state index contributed by atoms with van der Waals surface area (Å²) in [5.74, 6) is 8.62. The Bertz CT molecular complexity index is 2500. The number of hydrogen-bond donors (Lipinski definition) is 3. The van der Waals surface area contributed by atoms with E-state index in [1.54, 1.807) is 54.6 Å². The Kier molecular flexibility index (Phi) is 32.2. The van der Waals surface area contributed by atoms with Gasteiger partial charge in [-0.2, -0.15) is 0 Å². The predicted octanol–water partition coefficient (Wildman–Crippen LogP) is 11.4. The summed E-state index contributed by atoms with van der Waals surface area (Å²) in [7, 11) is 4.04. The van der Waals surface area contributed by atoms with Crippen molar-refractivity contribution < 1.29 is 19.1 Å². The van der Waals surface area contributed by atoms with Crippen molar-refractivity contribution in [2.75, 3.05) is 79.7 Å². The second-order valence-electron chi connectivity index (χ2n) is 18.4. The first-order valence-corrected chi connectivity index (χ1v) is 26.7. The van der Waals surface area contributed by atoms with Gasteiger partial charge in [-0.1, -0.05) is 125 Å². The monoisotopic (exact) mass is 1070 g/mol. The number of carbonyl (C=O) groups is 2. The fourth-order valence-electron chi connectivity index (χ4n) is 7.65. The number of nitrogens with one attached hydrogen (secondary N) is 3. The topological polar surface area (TPSA) is 98.4 Å². The molecule has 13 heteroatoms. The van der Waals surface area contributed by atoms with E-state index in [9.17, 15) is 9.59 Å². The number of terminal acetylenes is 3. The van der Waals surface area contributed by atoms with Crippen LogP contribution in [0.1, 0.15) is 89.9 Å². The first-order valence-electron chi connectivity index (χ1n) is 25.6. The molecule has 0 aromatic heterocycles. The second-order valence-corrected chi connectivity index (χ2v) is 19.6. The van der Waals surface area contributed by atoms with Crippen LogP contribution in [-0.4, -0.2) is 118 Å². The standard InChI is InChI=1S/C14H18ClNO2.C13H15Cl2NO.C13H17N.C12H13N.C10H14N2O/c15-13-5-3-12(4-6-13)14(17)2-1-7-16-8-10-18-11-9-16;1-3-7-16(2)8-4-9-17-13-6-5-11(14)10-12(13)15;1-4-10-14(3)12(2)11-13-8-6-5-7-9-13;1-2-9-13-12-8-7-10-5-3-4-6-11(10)12;1-8(2)11-12-10(13)9-6-4-3-5-7-9/h3-6H,1-2,7-11H2;1,5-6,10H,4,7-9H2,2H3;1,5-9,12H,10-11H2,2-3H3;1,3-6,12-13H,7-9H2;3-8,11H,1-2H3,(H,12,13)/t;;2*12-;/m..11./s1. The molecule has 5 aromatic carbocycles. The third-order valence-electron chi connectivity index (χ3n) is 11.9. The van der Waals surface area contributed by atoms with Crippen molar-refractivity contribution >= 4 is 46.5 Å². The number of nitrogens with zero attached hydrogens (tertiary/aromatic N) is 3. The Hall–Kier alpha value is -5.65. The molecule has 1 aliphatic carbocycles. The van der Waals surface area contributed by atoms with Gasteiger partial charge in [-0.3, -0.25) is 35.0 Å². The number of morpholine rings is 1. The molecule has 75 heavy (non-hydrogen) atoms. The van der Waals surface area contributed by atoms with Gasteiger partial charge in [0, 0.05) is 65.4 Å². The molecule has 2 aliphatic rings. The van der Waals surface area contributed by atoms with Crippen molar-refractivity contribution in [3.63, 3.8) is 0 Å². The number of carbonyl (C=O) groups excluding carboxylic acids is 2. The van der Waals surface area contributed by atoms with E-state index in [-0.39, 0.29) is 17.7 Å². The fourth-order valence-corrected chi connectivity index (χ4v) is 8.23. The van der Waals surface area contributed by atoms with Crippen LogP contribution in [0.2, 0.25) is 15.1 Å². The molecule has 10 nitrogen and oxygen atoms in total. The number of rotatable bonds is 20. The maximum absolute atomic E-state index is 11.9. The quantitative estimate of drug-likeness (QED) is 0.0305. The summed E-state index contributed by atoms with van der Waals surface area (Å²) in [6, 6.07) is 41.7. The number of likely N-dealkylation sites (N-methyl/N-ethyl adjacent to an activating group) is 1. The highest BCUT2D eigenvalue weighted by molar-refractivity contribution is 6.35. The minimum Gasteiger partial charge on any atom is -0.492 e. The van der Waals surface area contributed by atoms with E-state index in [2.05, 4.69) is 111 Å². The van der Waals surface area contributed by atoms with Crippen LogP contribution in [0.5, 0.6) is 5.75 Å². The number of hydrogen-bond acceptors (Lipinski definition) is 9. The summed E-state index contributed by atoms with van der Waals surface area (Å²) in [4.78, 5) is 29.9. The number of ether oxygens (including phenoxy) is 2. The number of hydrazine groups is 1. The lowest BCUT2D eigenvalue weighted by Crippen LogP contribution is -2.41. The summed E-state index contributed by atoms with van der Waals surface area (Å²) in [6.07, 6.45) is 21.5. The molecule has 5 aromatic rings. The molecule has 1 heterocycles. The van der Waals surface area contributed by atoms with Gasteiger partial charge in [0.15, 0.2) is 5.78 Å². The minimum atomic E-state index is -0.102. The van der Waals surface area contributed by atoms with Crippen molar-refractivity contribution in [3.05, 3.63) is 170 Å². The zero-order valence-electron chi connectivity index (χ0n) is 44.5. The maximum atomic E-state index is 11.9. The molecule has 400 valence electrons. The highest BCUT2D eigenvalue weighted by Gasteiger charge is 2.20.